The summed E-state index contributed by atoms with van der Waals surface area (Å²) in [6, 6.07) is 10.3. The molecule has 134 valence electrons. The molecular weight excluding hydrogens is 312 g/mol. The number of hydrogen-bond acceptors (Lipinski definition) is 3. The van der Waals surface area contributed by atoms with E-state index in [0.29, 0.717) is 0 Å². The number of pyridine rings is 1. The molecule has 3 rings (SSSR count). The van der Waals surface area contributed by atoms with E-state index in [9.17, 15) is 4.79 Å². The van der Waals surface area contributed by atoms with Crippen molar-refractivity contribution >= 4 is 16.8 Å². The smallest absolute Gasteiger partial charge is 0.255 e. The number of benzene rings is 1. The highest BCUT2D eigenvalue weighted by Crippen LogP contribution is 2.26. The van der Waals surface area contributed by atoms with Crippen LogP contribution in [-0.4, -0.2) is 41.1 Å². The Labute approximate surface area is 150 Å². The standard InChI is InChI=1S/C21H28N2O2/c1-14(2)20-13-18(17-7-5-6-8-19(17)22-20)21(24)23(15(3)4)16-9-11-25-12-10-16/h5-8,13-16H,9-12H2,1-4H3. The third kappa shape index (κ3) is 3.69. The molecule has 1 aromatic carbocycles. The maximum absolute atomic E-state index is 13.5. The molecule has 0 atom stereocenters. The van der Waals surface area contributed by atoms with Gasteiger partial charge in [-0.25, -0.2) is 0 Å². The van der Waals surface area contributed by atoms with E-state index in [0.717, 1.165) is 48.2 Å². The van der Waals surface area contributed by atoms with Gasteiger partial charge in [0.25, 0.3) is 5.91 Å². The zero-order valence-electron chi connectivity index (χ0n) is 15.7. The summed E-state index contributed by atoms with van der Waals surface area (Å²) >= 11 is 0. The fourth-order valence-electron chi connectivity index (χ4n) is 3.59. The number of aromatic nitrogens is 1. The molecule has 4 heteroatoms. The SMILES string of the molecule is CC(C)c1cc(C(=O)N(C(C)C)C2CCOCC2)c2ccccc2n1. The van der Waals surface area contributed by atoms with Gasteiger partial charge in [-0.3, -0.25) is 9.78 Å². The summed E-state index contributed by atoms with van der Waals surface area (Å²) in [4.78, 5) is 20.3. The molecule has 2 heterocycles. The Kier molecular flexibility index (Phi) is 5.38. The maximum Gasteiger partial charge on any atom is 0.255 e. The van der Waals surface area contributed by atoms with Gasteiger partial charge in [0.05, 0.1) is 11.1 Å². The monoisotopic (exact) mass is 340 g/mol. The Bertz CT molecular complexity index is 749. The van der Waals surface area contributed by atoms with Crippen LogP contribution in [0.4, 0.5) is 0 Å². The number of amides is 1. The van der Waals surface area contributed by atoms with E-state index in [2.05, 4.69) is 32.6 Å². The Morgan fingerprint density at radius 1 is 1.16 bits per heavy atom. The van der Waals surface area contributed by atoms with Crippen LogP contribution in [-0.2, 0) is 4.74 Å². The van der Waals surface area contributed by atoms with Crippen molar-refractivity contribution in [1.82, 2.24) is 9.88 Å². The Morgan fingerprint density at radius 2 is 1.84 bits per heavy atom. The third-order valence-electron chi connectivity index (χ3n) is 4.93. The average molecular weight is 340 g/mol. The summed E-state index contributed by atoms with van der Waals surface area (Å²) in [6.07, 6.45) is 1.81. The normalized spacial score (nSPS) is 15.9. The van der Waals surface area contributed by atoms with Crippen LogP contribution >= 0.6 is 0 Å². The molecule has 1 fully saturated rings. The molecule has 0 aliphatic carbocycles. The Balaban J connectivity index is 2.07. The van der Waals surface area contributed by atoms with Gasteiger partial charge in [-0.1, -0.05) is 32.0 Å². The van der Waals surface area contributed by atoms with Gasteiger partial charge in [0.15, 0.2) is 0 Å². The van der Waals surface area contributed by atoms with E-state index < -0.39 is 0 Å². The second-order valence-electron chi connectivity index (χ2n) is 7.42. The first-order valence-corrected chi connectivity index (χ1v) is 9.29. The van der Waals surface area contributed by atoms with Gasteiger partial charge in [-0.05, 0) is 44.7 Å². The van der Waals surface area contributed by atoms with Crippen molar-refractivity contribution in [2.24, 2.45) is 0 Å². The van der Waals surface area contributed by atoms with Crippen LogP contribution in [0.1, 0.15) is 62.5 Å². The van der Waals surface area contributed by atoms with Crippen LogP contribution in [0, 0.1) is 0 Å². The van der Waals surface area contributed by atoms with E-state index in [1.165, 1.54) is 0 Å². The maximum atomic E-state index is 13.5. The predicted octanol–water partition coefficient (Wildman–Crippen LogP) is 4.39. The van der Waals surface area contributed by atoms with Gasteiger partial charge in [0.2, 0.25) is 0 Å². The van der Waals surface area contributed by atoms with Crippen LogP contribution in [0.15, 0.2) is 30.3 Å². The van der Waals surface area contributed by atoms with Crippen LogP contribution in [0.25, 0.3) is 10.9 Å². The lowest BCUT2D eigenvalue weighted by atomic mass is 9.99. The van der Waals surface area contributed by atoms with E-state index >= 15 is 0 Å². The number of hydrogen-bond donors (Lipinski definition) is 0. The van der Waals surface area contributed by atoms with Gasteiger partial charge < -0.3 is 9.64 Å². The molecule has 25 heavy (non-hydrogen) atoms. The topological polar surface area (TPSA) is 42.4 Å². The van der Waals surface area contributed by atoms with E-state index in [-0.39, 0.29) is 23.9 Å². The average Bonchev–Trinajstić information content (AvgIpc) is 2.61. The Morgan fingerprint density at radius 3 is 2.48 bits per heavy atom. The molecule has 1 amide bonds. The van der Waals surface area contributed by atoms with Crippen molar-refractivity contribution in [3.8, 4) is 0 Å². The summed E-state index contributed by atoms with van der Waals surface area (Å²) in [6.45, 7) is 9.89. The third-order valence-corrected chi connectivity index (χ3v) is 4.93. The highest BCUT2D eigenvalue weighted by Gasteiger charge is 2.30. The van der Waals surface area contributed by atoms with Gasteiger partial charge in [-0.2, -0.15) is 0 Å². The first-order valence-electron chi connectivity index (χ1n) is 9.29. The lowest BCUT2D eigenvalue weighted by Gasteiger charge is -2.37. The van der Waals surface area contributed by atoms with Crippen LogP contribution in [0.3, 0.4) is 0 Å². The van der Waals surface area contributed by atoms with Crippen molar-refractivity contribution in [3.63, 3.8) is 0 Å². The number of carbonyl (C=O) groups excluding carboxylic acids is 1. The van der Waals surface area contributed by atoms with Crippen molar-refractivity contribution in [2.45, 2.75) is 58.5 Å². The van der Waals surface area contributed by atoms with Crippen molar-refractivity contribution in [1.29, 1.82) is 0 Å². The van der Waals surface area contributed by atoms with Gasteiger partial charge in [0, 0.05) is 36.4 Å². The lowest BCUT2D eigenvalue weighted by molar-refractivity contribution is 0.0207. The van der Waals surface area contributed by atoms with Crippen molar-refractivity contribution in [3.05, 3.63) is 41.6 Å². The second kappa shape index (κ2) is 7.52. The molecule has 2 aromatic rings. The largest absolute Gasteiger partial charge is 0.381 e. The van der Waals surface area contributed by atoms with Crippen molar-refractivity contribution < 1.29 is 9.53 Å². The van der Waals surface area contributed by atoms with Crippen LogP contribution in [0.2, 0.25) is 0 Å². The molecule has 4 nitrogen and oxygen atoms in total. The van der Waals surface area contributed by atoms with E-state index in [4.69, 9.17) is 9.72 Å². The molecule has 0 N–H and O–H groups in total. The number of nitrogens with zero attached hydrogens (tertiary/aromatic N) is 2. The quantitative estimate of drug-likeness (QED) is 0.829. The van der Waals surface area contributed by atoms with Gasteiger partial charge in [0.1, 0.15) is 0 Å². The number of para-hydroxylation sites is 1. The summed E-state index contributed by atoms with van der Waals surface area (Å²) in [5, 5.41) is 0.939. The highest BCUT2D eigenvalue weighted by molar-refractivity contribution is 6.06. The molecule has 1 aromatic heterocycles. The lowest BCUT2D eigenvalue weighted by Crippen LogP contribution is -2.47. The van der Waals surface area contributed by atoms with Crippen molar-refractivity contribution in [2.75, 3.05) is 13.2 Å². The predicted molar refractivity (Wildman–Crippen MR) is 101 cm³/mol. The molecular formula is C21H28N2O2. The molecule has 1 saturated heterocycles. The molecule has 0 saturated carbocycles. The summed E-state index contributed by atoms with van der Waals surface area (Å²) < 4.78 is 5.49. The first-order chi connectivity index (χ1) is 12.0. The number of rotatable bonds is 4. The number of ether oxygens (including phenoxy) is 1. The second-order valence-corrected chi connectivity index (χ2v) is 7.42. The molecule has 0 unspecified atom stereocenters. The molecule has 0 radical (unpaired) electrons. The minimum absolute atomic E-state index is 0.113. The highest BCUT2D eigenvalue weighted by atomic mass is 16.5. The van der Waals surface area contributed by atoms with E-state index in [1.54, 1.807) is 0 Å². The van der Waals surface area contributed by atoms with Crippen LogP contribution < -0.4 is 0 Å². The zero-order valence-corrected chi connectivity index (χ0v) is 15.7. The fraction of sp³-hybridized carbons (Fsp3) is 0.524. The molecule has 1 aliphatic heterocycles. The van der Waals surface area contributed by atoms with Crippen LogP contribution in [0.5, 0.6) is 0 Å². The minimum Gasteiger partial charge on any atom is -0.381 e. The number of carbonyl (C=O) groups is 1. The summed E-state index contributed by atoms with van der Waals surface area (Å²) in [7, 11) is 0. The Hall–Kier alpha value is -1.94. The fourth-order valence-corrected chi connectivity index (χ4v) is 3.59. The zero-order chi connectivity index (χ0) is 18.0. The van der Waals surface area contributed by atoms with Gasteiger partial charge >= 0.3 is 0 Å². The molecule has 0 bridgehead atoms. The molecule has 0 spiro atoms. The minimum atomic E-state index is 0.113. The first kappa shape index (κ1) is 17.9. The summed E-state index contributed by atoms with van der Waals surface area (Å²) in [5.74, 6) is 0.397. The van der Waals surface area contributed by atoms with Gasteiger partial charge in [-0.15, -0.1) is 0 Å². The van der Waals surface area contributed by atoms with E-state index in [1.807, 2.05) is 30.3 Å². The number of fused-ring (bicyclic) bond motifs is 1. The molecule has 1 aliphatic rings. The summed E-state index contributed by atoms with van der Waals surface area (Å²) in [5.41, 5.74) is 2.64.